The first-order valence-electron chi connectivity index (χ1n) is 7.28. The minimum Gasteiger partial charge on any atom is -0.394 e. The van der Waals surface area contributed by atoms with Gasteiger partial charge in [-0.25, -0.2) is 0 Å². The van der Waals surface area contributed by atoms with Crippen molar-refractivity contribution in [1.29, 1.82) is 0 Å². The Labute approximate surface area is 109 Å². The van der Waals surface area contributed by atoms with Crippen molar-refractivity contribution in [3.8, 4) is 0 Å². The fourth-order valence-electron chi connectivity index (χ4n) is 3.44. The molecule has 1 aliphatic carbocycles. The first-order chi connectivity index (χ1) is 8.72. The van der Waals surface area contributed by atoms with Gasteiger partial charge >= 0.3 is 0 Å². The van der Waals surface area contributed by atoms with Crippen LogP contribution in [0.1, 0.15) is 44.9 Å². The molecule has 0 bridgehead atoms. The molecule has 1 saturated carbocycles. The van der Waals surface area contributed by atoms with Gasteiger partial charge in [-0.15, -0.1) is 0 Å². The zero-order chi connectivity index (χ0) is 13.0. The molecule has 4 heteroatoms. The molecular weight excluding hydrogens is 230 g/mol. The van der Waals surface area contributed by atoms with Gasteiger partial charge in [0, 0.05) is 24.9 Å². The van der Waals surface area contributed by atoms with Crippen molar-refractivity contribution in [2.45, 2.75) is 57.1 Å². The summed E-state index contributed by atoms with van der Waals surface area (Å²) in [5, 5.41) is 18.6. The van der Waals surface area contributed by atoms with E-state index >= 15 is 0 Å². The second-order valence-corrected chi connectivity index (χ2v) is 5.71. The summed E-state index contributed by atoms with van der Waals surface area (Å²) in [5.41, 5.74) is 0. The smallest absolute Gasteiger partial charge is 0.137 e. The van der Waals surface area contributed by atoms with Crippen molar-refractivity contribution in [2.24, 2.45) is 5.92 Å². The lowest BCUT2D eigenvalue weighted by atomic mass is 9.79. The van der Waals surface area contributed by atoms with Crippen molar-refractivity contribution in [3.05, 3.63) is 0 Å². The van der Waals surface area contributed by atoms with Crippen LogP contribution < -0.4 is 0 Å². The summed E-state index contributed by atoms with van der Waals surface area (Å²) in [6.45, 7) is 1.26. The van der Waals surface area contributed by atoms with Gasteiger partial charge < -0.3 is 10.2 Å². The monoisotopic (exact) mass is 255 g/mol. The van der Waals surface area contributed by atoms with E-state index in [0.717, 1.165) is 45.1 Å². The number of likely N-dealkylation sites (tertiary alicyclic amines) is 1. The molecule has 0 aromatic carbocycles. The van der Waals surface area contributed by atoms with Crippen LogP contribution in [0.4, 0.5) is 0 Å². The number of rotatable bonds is 4. The number of aliphatic hydroxyl groups is 2. The SMILES string of the molecule is O=C1CCCCC1C1CCCCN1CC(O)CO. The van der Waals surface area contributed by atoms with Crippen molar-refractivity contribution in [3.63, 3.8) is 0 Å². The summed E-state index contributed by atoms with van der Waals surface area (Å²) in [4.78, 5) is 14.3. The van der Waals surface area contributed by atoms with E-state index in [1.54, 1.807) is 0 Å². The summed E-state index contributed by atoms with van der Waals surface area (Å²) in [7, 11) is 0. The van der Waals surface area contributed by atoms with Crippen molar-refractivity contribution in [2.75, 3.05) is 19.7 Å². The Bertz CT molecular complexity index is 282. The summed E-state index contributed by atoms with van der Waals surface area (Å²) >= 11 is 0. The molecule has 0 spiro atoms. The molecule has 0 aromatic rings. The van der Waals surface area contributed by atoms with Gasteiger partial charge in [0.25, 0.3) is 0 Å². The highest BCUT2D eigenvalue weighted by molar-refractivity contribution is 5.82. The normalized spacial score (nSPS) is 32.4. The fourth-order valence-corrected chi connectivity index (χ4v) is 3.44. The predicted molar refractivity (Wildman–Crippen MR) is 69.3 cm³/mol. The van der Waals surface area contributed by atoms with E-state index in [1.807, 2.05) is 0 Å². The zero-order valence-corrected chi connectivity index (χ0v) is 11.1. The molecule has 2 aliphatic rings. The quantitative estimate of drug-likeness (QED) is 0.785. The van der Waals surface area contributed by atoms with Crippen molar-refractivity contribution in [1.82, 2.24) is 4.90 Å². The maximum atomic E-state index is 12.1. The molecule has 2 rings (SSSR count). The predicted octanol–water partition coefficient (Wildman–Crippen LogP) is 0.953. The lowest BCUT2D eigenvalue weighted by Crippen LogP contribution is -2.50. The van der Waals surface area contributed by atoms with E-state index in [0.29, 0.717) is 18.4 Å². The molecule has 3 atom stereocenters. The van der Waals surface area contributed by atoms with Gasteiger partial charge in [-0.3, -0.25) is 9.69 Å². The van der Waals surface area contributed by atoms with Crippen LogP contribution >= 0.6 is 0 Å². The molecule has 2 fully saturated rings. The molecule has 1 saturated heterocycles. The third-order valence-corrected chi connectivity index (χ3v) is 4.39. The number of nitrogens with zero attached hydrogens (tertiary/aromatic N) is 1. The summed E-state index contributed by atoms with van der Waals surface area (Å²) in [5.74, 6) is 0.585. The Kier molecular flexibility index (Phi) is 5.15. The summed E-state index contributed by atoms with van der Waals surface area (Å²) < 4.78 is 0. The lowest BCUT2D eigenvalue weighted by molar-refractivity contribution is -0.128. The minimum atomic E-state index is -0.677. The molecule has 18 heavy (non-hydrogen) atoms. The largest absolute Gasteiger partial charge is 0.394 e. The van der Waals surface area contributed by atoms with Crippen molar-refractivity contribution < 1.29 is 15.0 Å². The highest BCUT2D eigenvalue weighted by Crippen LogP contribution is 2.31. The Morgan fingerprint density at radius 1 is 1.22 bits per heavy atom. The van der Waals surface area contributed by atoms with E-state index in [-0.39, 0.29) is 12.5 Å². The van der Waals surface area contributed by atoms with Crippen LogP contribution in [-0.4, -0.2) is 52.7 Å². The molecule has 2 N–H and O–H groups in total. The Morgan fingerprint density at radius 3 is 2.72 bits per heavy atom. The minimum absolute atomic E-state index is 0.171. The van der Waals surface area contributed by atoms with E-state index in [2.05, 4.69) is 4.90 Å². The summed E-state index contributed by atoms with van der Waals surface area (Å²) in [6.07, 6.45) is 6.64. The van der Waals surface area contributed by atoms with Gasteiger partial charge in [0.05, 0.1) is 12.7 Å². The molecule has 0 aromatic heterocycles. The highest BCUT2D eigenvalue weighted by atomic mass is 16.3. The highest BCUT2D eigenvalue weighted by Gasteiger charge is 2.35. The second kappa shape index (κ2) is 6.64. The third-order valence-electron chi connectivity index (χ3n) is 4.39. The first-order valence-corrected chi connectivity index (χ1v) is 7.28. The molecule has 0 radical (unpaired) electrons. The van der Waals surface area contributed by atoms with Crippen LogP contribution in [0.25, 0.3) is 0 Å². The van der Waals surface area contributed by atoms with Gasteiger partial charge in [0.1, 0.15) is 5.78 Å². The van der Waals surface area contributed by atoms with E-state index in [1.165, 1.54) is 6.42 Å². The third kappa shape index (κ3) is 3.31. The Balaban J connectivity index is 1.99. The van der Waals surface area contributed by atoms with Crippen LogP contribution in [0.3, 0.4) is 0 Å². The number of piperidine rings is 1. The Morgan fingerprint density at radius 2 is 2.00 bits per heavy atom. The molecule has 1 aliphatic heterocycles. The van der Waals surface area contributed by atoms with Gasteiger partial charge in [0.15, 0.2) is 0 Å². The van der Waals surface area contributed by atoms with Crippen LogP contribution in [-0.2, 0) is 4.79 Å². The fraction of sp³-hybridized carbons (Fsp3) is 0.929. The number of aliphatic hydroxyl groups excluding tert-OH is 2. The van der Waals surface area contributed by atoms with Crippen molar-refractivity contribution >= 4 is 5.78 Å². The number of hydrogen-bond acceptors (Lipinski definition) is 4. The van der Waals surface area contributed by atoms with E-state index in [4.69, 9.17) is 5.11 Å². The number of ketones is 1. The number of carbonyl (C=O) groups is 1. The van der Waals surface area contributed by atoms with E-state index in [9.17, 15) is 9.90 Å². The zero-order valence-electron chi connectivity index (χ0n) is 11.1. The number of Topliss-reactive ketones (excluding diaryl/α,β-unsaturated/α-hetero) is 1. The number of hydrogen-bond donors (Lipinski definition) is 2. The Hall–Kier alpha value is -0.450. The maximum absolute atomic E-state index is 12.1. The molecule has 4 nitrogen and oxygen atoms in total. The molecule has 104 valence electrons. The molecular formula is C14H25NO3. The molecule has 1 heterocycles. The average molecular weight is 255 g/mol. The lowest BCUT2D eigenvalue weighted by Gasteiger charge is -2.41. The topological polar surface area (TPSA) is 60.8 Å². The van der Waals surface area contributed by atoms with Gasteiger partial charge in [0.2, 0.25) is 0 Å². The van der Waals surface area contributed by atoms with Crippen LogP contribution in [0.5, 0.6) is 0 Å². The first kappa shape index (κ1) is 14.0. The van der Waals surface area contributed by atoms with Crippen LogP contribution in [0.2, 0.25) is 0 Å². The van der Waals surface area contributed by atoms with Crippen LogP contribution in [0.15, 0.2) is 0 Å². The van der Waals surface area contributed by atoms with Gasteiger partial charge in [-0.05, 0) is 32.2 Å². The maximum Gasteiger partial charge on any atom is 0.137 e. The number of β-amino-alcohol motifs (C(OH)–C–C–N with tert-alkyl or cyclic N) is 1. The van der Waals surface area contributed by atoms with Gasteiger partial charge in [-0.2, -0.15) is 0 Å². The average Bonchev–Trinajstić information content (AvgIpc) is 2.40. The van der Waals surface area contributed by atoms with E-state index < -0.39 is 6.10 Å². The van der Waals surface area contributed by atoms with Crippen LogP contribution in [0, 0.1) is 5.92 Å². The van der Waals surface area contributed by atoms with Gasteiger partial charge in [-0.1, -0.05) is 12.8 Å². The number of carbonyl (C=O) groups excluding carboxylic acids is 1. The molecule has 0 amide bonds. The molecule has 3 unspecified atom stereocenters. The summed E-state index contributed by atoms with van der Waals surface area (Å²) in [6, 6.07) is 0.299. The standard InChI is InChI=1S/C14H25NO3/c16-10-11(17)9-15-8-4-3-6-13(15)12-5-1-2-7-14(12)18/h11-13,16-17H,1-10H2. The second-order valence-electron chi connectivity index (χ2n) is 5.71.